The zero-order valence-electron chi connectivity index (χ0n) is 5.21. The van der Waals surface area contributed by atoms with E-state index in [1.165, 1.54) is 0 Å². The van der Waals surface area contributed by atoms with Crippen molar-refractivity contribution in [3.8, 4) is 0 Å². The maximum Gasteiger partial charge on any atom is 0.0675 e. The van der Waals surface area contributed by atoms with Crippen LogP contribution in [0.25, 0.3) is 0 Å². The van der Waals surface area contributed by atoms with Crippen molar-refractivity contribution in [1.82, 2.24) is 0 Å². The van der Waals surface area contributed by atoms with Crippen molar-refractivity contribution in [2.24, 2.45) is 0 Å². The van der Waals surface area contributed by atoms with Gasteiger partial charge in [0.05, 0.1) is 28.2 Å². The van der Waals surface area contributed by atoms with Crippen LogP contribution in [0.5, 0.6) is 0 Å². The molecule has 0 amide bonds. The summed E-state index contributed by atoms with van der Waals surface area (Å²) in [4.78, 5) is 0. The van der Waals surface area contributed by atoms with Crippen LogP contribution in [0.3, 0.4) is 0 Å². The van der Waals surface area contributed by atoms with E-state index in [4.69, 9.17) is 0 Å². The second-order valence-corrected chi connectivity index (χ2v) is 2.68. The monoisotopic (exact) mass is 286 g/mol. The van der Waals surface area contributed by atoms with Crippen LogP contribution in [-0.2, 0) is 21.1 Å². The van der Waals surface area contributed by atoms with Crippen molar-refractivity contribution < 1.29 is 31.0 Å². The number of quaternary nitrogens is 1. The van der Waals surface area contributed by atoms with Crippen molar-refractivity contribution in [3.05, 3.63) is 0 Å². The Balaban J connectivity index is -0.0000000800. The Kier molecular flexibility index (Phi) is 10.6. The summed E-state index contributed by atoms with van der Waals surface area (Å²) in [5.41, 5.74) is 0. The third-order valence-electron chi connectivity index (χ3n) is 0. The summed E-state index contributed by atoms with van der Waals surface area (Å²) in [5, 5.41) is 0. The standard InChI is InChI=1S/C4H12N.H2O.Pt/c1-5(2,3)4;;/h1-4H3;1H2;/q+1;;/p-1. The van der Waals surface area contributed by atoms with Gasteiger partial charge in [-0.15, -0.1) is 0 Å². The minimum absolute atomic E-state index is 0. The molecule has 50 valence electrons. The molecule has 0 aliphatic carbocycles. The van der Waals surface area contributed by atoms with Crippen LogP contribution >= 0.6 is 0 Å². The molecule has 0 spiro atoms. The van der Waals surface area contributed by atoms with Gasteiger partial charge in [0.2, 0.25) is 0 Å². The molecule has 2 nitrogen and oxygen atoms in total. The van der Waals surface area contributed by atoms with Crippen LogP contribution in [0.15, 0.2) is 0 Å². The molecular formula is C4H13NOPt. The zero-order chi connectivity index (χ0) is 4.50. The normalized spacial score (nSPS) is 8.57. The van der Waals surface area contributed by atoms with Gasteiger partial charge in [-0.3, -0.25) is 0 Å². The fourth-order valence-electron chi connectivity index (χ4n) is 0. The maximum absolute atomic E-state index is 2.12. The Hall–Kier alpha value is 0.608. The van der Waals surface area contributed by atoms with E-state index >= 15 is 0 Å². The molecule has 0 aromatic heterocycles. The van der Waals surface area contributed by atoms with Crippen LogP contribution < -0.4 is 0 Å². The Morgan fingerprint density at radius 2 is 0.857 bits per heavy atom. The summed E-state index contributed by atoms with van der Waals surface area (Å²) in [5.74, 6) is 0. The molecule has 0 rings (SSSR count). The third kappa shape index (κ3) is 379. The predicted octanol–water partition coefficient (Wildman–Crippen LogP) is 0.143. The number of rotatable bonds is 0. The smallest absolute Gasteiger partial charge is 0.0675 e. The topological polar surface area (TPSA) is 30.0 Å². The van der Waals surface area contributed by atoms with Gasteiger partial charge in [-0.25, -0.2) is 0 Å². The van der Waals surface area contributed by atoms with E-state index in [-0.39, 0.29) is 26.5 Å². The molecule has 1 N–H and O–H groups in total. The van der Waals surface area contributed by atoms with E-state index in [0.29, 0.717) is 0 Å². The third-order valence-corrected chi connectivity index (χ3v) is 0. The molecule has 0 saturated carbocycles. The average molecular weight is 286 g/mol. The van der Waals surface area contributed by atoms with Gasteiger partial charge in [-0.1, -0.05) is 0 Å². The molecule has 0 aliphatic rings. The molecule has 0 bridgehead atoms. The van der Waals surface area contributed by atoms with E-state index in [9.17, 15) is 0 Å². The van der Waals surface area contributed by atoms with Crippen LogP contribution in [0, 0.1) is 0 Å². The number of nitrogens with zero attached hydrogens (tertiary/aromatic N) is 1. The molecule has 0 unspecified atom stereocenters. The second kappa shape index (κ2) is 4.76. The van der Waals surface area contributed by atoms with E-state index in [1.54, 1.807) is 0 Å². The fraction of sp³-hybridized carbons (Fsp3) is 1.00. The number of hydrogen-bond acceptors (Lipinski definition) is 1. The average Bonchev–Trinajstić information content (AvgIpc) is 0.722. The molecule has 0 atom stereocenters. The second-order valence-electron chi connectivity index (χ2n) is 2.68. The molecule has 3 heteroatoms. The molecule has 0 fully saturated rings. The molecule has 0 radical (unpaired) electrons. The fourth-order valence-corrected chi connectivity index (χ4v) is 0. The van der Waals surface area contributed by atoms with Gasteiger partial charge in [0.25, 0.3) is 0 Å². The minimum Gasteiger partial charge on any atom is -0.870 e. The molecule has 0 aliphatic heterocycles. The van der Waals surface area contributed by atoms with Crippen LogP contribution in [0.2, 0.25) is 0 Å². The van der Waals surface area contributed by atoms with Crippen LogP contribution in [0.4, 0.5) is 0 Å². The predicted molar refractivity (Wildman–Crippen MR) is 25.9 cm³/mol. The summed E-state index contributed by atoms with van der Waals surface area (Å²) in [6.07, 6.45) is 0. The first kappa shape index (κ1) is 15.6. The van der Waals surface area contributed by atoms with Crippen LogP contribution in [-0.4, -0.2) is 38.1 Å². The van der Waals surface area contributed by atoms with E-state index < -0.39 is 0 Å². The Morgan fingerprint density at radius 3 is 0.857 bits per heavy atom. The van der Waals surface area contributed by atoms with Crippen molar-refractivity contribution >= 4 is 0 Å². The van der Waals surface area contributed by atoms with Gasteiger partial charge in [-0.05, 0) is 0 Å². The molecule has 0 aromatic rings. The van der Waals surface area contributed by atoms with Gasteiger partial charge >= 0.3 is 0 Å². The first-order valence-electron chi connectivity index (χ1n) is 1.79. The maximum atomic E-state index is 2.12. The van der Waals surface area contributed by atoms with E-state index in [0.717, 1.165) is 4.48 Å². The van der Waals surface area contributed by atoms with Gasteiger partial charge < -0.3 is 9.96 Å². The first-order chi connectivity index (χ1) is 2.00. The van der Waals surface area contributed by atoms with Crippen molar-refractivity contribution in [1.29, 1.82) is 0 Å². The molecule has 0 saturated heterocycles. The number of hydrogen-bond donors (Lipinski definition) is 0. The van der Waals surface area contributed by atoms with Crippen LogP contribution in [0.1, 0.15) is 0 Å². The van der Waals surface area contributed by atoms with Gasteiger partial charge in [0.1, 0.15) is 0 Å². The molecule has 0 heterocycles. The van der Waals surface area contributed by atoms with Gasteiger partial charge in [-0.2, -0.15) is 0 Å². The zero-order valence-corrected chi connectivity index (χ0v) is 7.48. The Morgan fingerprint density at radius 1 is 0.857 bits per heavy atom. The van der Waals surface area contributed by atoms with E-state index in [2.05, 4.69) is 28.2 Å². The summed E-state index contributed by atoms with van der Waals surface area (Å²) in [6, 6.07) is 0. The van der Waals surface area contributed by atoms with Gasteiger partial charge in [0, 0.05) is 21.1 Å². The van der Waals surface area contributed by atoms with Crippen molar-refractivity contribution in [3.63, 3.8) is 0 Å². The minimum atomic E-state index is 0. The van der Waals surface area contributed by atoms with Gasteiger partial charge in [0.15, 0.2) is 0 Å². The Bertz CT molecular complexity index is 27.2. The van der Waals surface area contributed by atoms with Crippen molar-refractivity contribution in [2.75, 3.05) is 28.2 Å². The molecular weight excluding hydrogens is 273 g/mol. The molecule has 0 aromatic carbocycles. The Labute approximate surface area is 59.7 Å². The summed E-state index contributed by atoms with van der Waals surface area (Å²) in [7, 11) is 8.50. The summed E-state index contributed by atoms with van der Waals surface area (Å²) < 4.78 is 1.00. The first-order valence-corrected chi connectivity index (χ1v) is 1.79. The van der Waals surface area contributed by atoms with E-state index in [1.807, 2.05) is 0 Å². The quantitative estimate of drug-likeness (QED) is 0.583. The largest absolute Gasteiger partial charge is 0.870 e. The summed E-state index contributed by atoms with van der Waals surface area (Å²) in [6.45, 7) is 0. The SMILES string of the molecule is C[N+](C)(C)C.[OH-].[Pt]. The summed E-state index contributed by atoms with van der Waals surface area (Å²) >= 11 is 0. The molecule has 7 heavy (non-hydrogen) atoms. The van der Waals surface area contributed by atoms with Crippen molar-refractivity contribution in [2.45, 2.75) is 0 Å².